The molecule has 0 bridgehead atoms. The maximum atomic E-state index is 5.92. The van der Waals surface area contributed by atoms with Crippen molar-refractivity contribution < 1.29 is 0 Å². The molecule has 0 saturated heterocycles. The maximum Gasteiger partial charge on any atom is 0.155 e. The van der Waals surface area contributed by atoms with Crippen LogP contribution < -0.4 is 5.73 Å². The van der Waals surface area contributed by atoms with Gasteiger partial charge in [0, 0.05) is 24.0 Å². The van der Waals surface area contributed by atoms with Gasteiger partial charge in [-0.3, -0.25) is 0 Å². The van der Waals surface area contributed by atoms with Crippen molar-refractivity contribution in [2.24, 2.45) is 0 Å². The smallest absolute Gasteiger partial charge is 0.155 e. The maximum absolute atomic E-state index is 5.92. The van der Waals surface area contributed by atoms with Crippen molar-refractivity contribution in [2.45, 2.75) is 0 Å². The number of hydrogen-bond donors (Lipinski definition) is 2. The van der Waals surface area contributed by atoms with E-state index in [-0.39, 0.29) is 0 Å². The topological polar surface area (TPSA) is 97.8 Å². The van der Waals surface area contributed by atoms with Crippen LogP contribution >= 0.6 is 0 Å². The van der Waals surface area contributed by atoms with E-state index in [2.05, 4.69) is 25.0 Å². The minimum atomic E-state index is 0.441. The van der Waals surface area contributed by atoms with E-state index in [9.17, 15) is 0 Å². The summed E-state index contributed by atoms with van der Waals surface area (Å²) in [7, 11) is 0. The van der Waals surface area contributed by atoms with Crippen LogP contribution in [0.4, 0.5) is 5.82 Å². The number of H-pyrrole nitrogens is 1. The Morgan fingerprint density at radius 3 is 3.11 bits per heavy atom. The van der Waals surface area contributed by atoms with E-state index >= 15 is 0 Å². The van der Waals surface area contributed by atoms with Gasteiger partial charge in [0.2, 0.25) is 0 Å². The lowest BCUT2D eigenvalue weighted by Crippen LogP contribution is -1.94. The molecule has 19 heavy (non-hydrogen) atoms. The average molecular weight is 251 g/mol. The van der Waals surface area contributed by atoms with Gasteiger partial charge in [-0.2, -0.15) is 5.10 Å². The molecule has 7 heteroatoms. The highest BCUT2D eigenvalue weighted by Crippen LogP contribution is 2.29. The summed E-state index contributed by atoms with van der Waals surface area (Å²) >= 11 is 0. The second kappa shape index (κ2) is 3.52. The van der Waals surface area contributed by atoms with E-state index in [1.165, 1.54) is 6.33 Å². The second-order valence-electron chi connectivity index (χ2n) is 4.13. The number of fused-ring (bicyclic) bond motifs is 2. The lowest BCUT2D eigenvalue weighted by Gasteiger charge is -2.01. The fourth-order valence-corrected chi connectivity index (χ4v) is 2.15. The molecule has 4 heterocycles. The summed E-state index contributed by atoms with van der Waals surface area (Å²) in [6, 6.07) is 3.73. The molecule has 0 aliphatic carbocycles. The van der Waals surface area contributed by atoms with Gasteiger partial charge >= 0.3 is 0 Å². The van der Waals surface area contributed by atoms with Gasteiger partial charge in [0.25, 0.3) is 0 Å². The molecule has 0 aliphatic heterocycles. The number of nitrogens with zero attached hydrogens (tertiary/aromatic N) is 5. The molecule has 4 aromatic heterocycles. The van der Waals surface area contributed by atoms with Crippen LogP contribution in [-0.2, 0) is 0 Å². The number of nitrogens with two attached hydrogens (primary N) is 1. The normalized spacial score (nSPS) is 11.4. The van der Waals surface area contributed by atoms with Crippen LogP contribution in [0.2, 0.25) is 0 Å². The third kappa shape index (κ3) is 1.38. The molecule has 0 saturated carbocycles. The van der Waals surface area contributed by atoms with Crippen LogP contribution in [0, 0.1) is 0 Å². The van der Waals surface area contributed by atoms with Crippen LogP contribution in [0.15, 0.2) is 37.1 Å². The van der Waals surface area contributed by atoms with Gasteiger partial charge in [0.05, 0.1) is 17.3 Å². The van der Waals surface area contributed by atoms with Gasteiger partial charge in [0.15, 0.2) is 5.65 Å². The molecule has 7 nitrogen and oxygen atoms in total. The predicted molar refractivity (Wildman–Crippen MR) is 70.3 cm³/mol. The van der Waals surface area contributed by atoms with Crippen molar-refractivity contribution in [3.8, 4) is 11.3 Å². The van der Waals surface area contributed by atoms with E-state index in [0.29, 0.717) is 11.5 Å². The molecule has 0 fully saturated rings. The molecule has 0 atom stereocenters. The largest absolute Gasteiger partial charge is 0.383 e. The molecular formula is C12H9N7. The summed E-state index contributed by atoms with van der Waals surface area (Å²) in [4.78, 5) is 15.8. The number of aromatic nitrogens is 6. The number of aromatic amines is 1. The summed E-state index contributed by atoms with van der Waals surface area (Å²) in [5.41, 5.74) is 9.09. The quantitative estimate of drug-likeness (QED) is 0.530. The van der Waals surface area contributed by atoms with Crippen molar-refractivity contribution >= 4 is 22.5 Å². The van der Waals surface area contributed by atoms with Crippen LogP contribution in [0.25, 0.3) is 27.9 Å². The summed E-state index contributed by atoms with van der Waals surface area (Å²) in [6.45, 7) is 0. The number of rotatable bonds is 1. The Hall–Kier alpha value is -2.96. The van der Waals surface area contributed by atoms with Crippen LogP contribution in [0.1, 0.15) is 0 Å². The Morgan fingerprint density at radius 2 is 2.16 bits per heavy atom. The molecule has 0 aromatic carbocycles. The molecular weight excluding hydrogens is 242 g/mol. The lowest BCUT2D eigenvalue weighted by atomic mass is 10.1. The zero-order chi connectivity index (χ0) is 12.8. The molecule has 92 valence electrons. The highest BCUT2D eigenvalue weighted by molar-refractivity contribution is 5.99. The highest BCUT2D eigenvalue weighted by Gasteiger charge is 2.12. The van der Waals surface area contributed by atoms with Gasteiger partial charge in [0.1, 0.15) is 17.8 Å². The van der Waals surface area contributed by atoms with E-state index in [1.54, 1.807) is 10.7 Å². The van der Waals surface area contributed by atoms with E-state index < -0.39 is 0 Å². The molecule has 4 aromatic rings. The molecule has 0 spiro atoms. The number of anilines is 1. The fraction of sp³-hybridized carbons (Fsp3) is 0. The van der Waals surface area contributed by atoms with Crippen molar-refractivity contribution in [3.63, 3.8) is 0 Å². The molecule has 0 radical (unpaired) electrons. The summed E-state index contributed by atoms with van der Waals surface area (Å²) in [6.07, 6.45) is 6.84. The Balaban J connectivity index is 2.03. The van der Waals surface area contributed by atoms with Crippen molar-refractivity contribution in [3.05, 3.63) is 37.1 Å². The zero-order valence-electron chi connectivity index (χ0n) is 9.78. The third-order valence-corrected chi connectivity index (χ3v) is 3.03. The zero-order valence-corrected chi connectivity index (χ0v) is 9.78. The van der Waals surface area contributed by atoms with Crippen molar-refractivity contribution in [2.75, 3.05) is 5.73 Å². The summed E-state index contributed by atoms with van der Waals surface area (Å²) in [5, 5.41) is 4.91. The molecule has 0 aliphatic rings. The van der Waals surface area contributed by atoms with Crippen molar-refractivity contribution in [1.82, 2.24) is 29.5 Å². The fourth-order valence-electron chi connectivity index (χ4n) is 2.15. The van der Waals surface area contributed by atoms with Crippen LogP contribution in [0.3, 0.4) is 0 Å². The second-order valence-corrected chi connectivity index (χ2v) is 4.13. The minimum absolute atomic E-state index is 0.441. The number of hydrogen-bond acceptors (Lipinski definition) is 5. The van der Waals surface area contributed by atoms with E-state index in [1.807, 2.05) is 24.5 Å². The van der Waals surface area contributed by atoms with Gasteiger partial charge in [-0.25, -0.2) is 19.5 Å². The lowest BCUT2D eigenvalue weighted by molar-refractivity contribution is 0.941. The van der Waals surface area contributed by atoms with Gasteiger partial charge in [-0.05, 0) is 6.07 Å². The van der Waals surface area contributed by atoms with Gasteiger partial charge in [-0.15, -0.1) is 0 Å². The Kier molecular flexibility index (Phi) is 1.85. The molecule has 0 unspecified atom stereocenters. The molecule has 4 rings (SSSR count). The molecule has 3 N–H and O–H groups in total. The van der Waals surface area contributed by atoms with Gasteiger partial charge < -0.3 is 10.7 Å². The standard InChI is InChI=1S/C12H9N7/c13-11-10-7(5-14-12(10)16-6-15-11)8-2-4-19-9(18-8)1-3-17-19/h1-6H,(H3,13,14,15,16). The van der Waals surface area contributed by atoms with Gasteiger partial charge in [-0.1, -0.05) is 0 Å². The monoisotopic (exact) mass is 251 g/mol. The summed E-state index contributed by atoms with van der Waals surface area (Å²) < 4.78 is 1.71. The number of nitrogens with one attached hydrogen (secondary N) is 1. The first-order valence-corrected chi connectivity index (χ1v) is 5.71. The Morgan fingerprint density at radius 1 is 1.21 bits per heavy atom. The van der Waals surface area contributed by atoms with Crippen molar-refractivity contribution in [1.29, 1.82) is 0 Å². The van der Waals surface area contributed by atoms with Crippen LogP contribution in [-0.4, -0.2) is 29.5 Å². The number of nitrogen functional groups attached to an aromatic ring is 1. The summed E-state index contributed by atoms with van der Waals surface area (Å²) in [5.74, 6) is 0.441. The SMILES string of the molecule is Nc1ncnc2[nH]cc(-c3ccn4nccc4n3)c12. The van der Waals surface area contributed by atoms with E-state index in [4.69, 9.17) is 5.73 Å². The predicted octanol–water partition coefficient (Wildman–Crippen LogP) is 1.25. The minimum Gasteiger partial charge on any atom is -0.383 e. The van der Waals surface area contributed by atoms with E-state index in [0.717, 1.165) is 22.3 Å². The first-order chi connectivity index (χ1) is 9.33. The third-order valence-electron chi connectivity index (χ3n) is 3.03. The average Bonchev–Trinajstić information content (AvgIpc) is 3.04. The Bertz CT molecular complexity index is 889. The highest BCUT2D eigenvalue weighted by atomic mass is 15.2. The Labute approximate surface area is 107 Å². The van der Waals surface area contributed by atoms with Crippen LogP contribution in [0.5, 0.6) is 0 Å². The molecule has 0 amide bonds. The first-order valence-electron chi connectivity index (χ1n) is 5.71. The first kappa shape index (κ1) is 10.0.